The first kappa shape index (κ1) is 9.92. The molecule has 0 saturated carbocycles. The Morgan fingerprint density at radius 3 is 2.00 bits per heavy atom. The zero-order valence-electron chi connectivity index (χ0n) is 4.05. The van der Waals surface area contributed by atoms with E-state index < -0.39 is 5.96 Å². The first-order valence-corrected chi connectivity index (χ1v) is 1.44. The summed E-state index contributed by atoms with van der Waals surface area (Å²) in [6, 6.07) is 0. The Kier molecular flexibility index (Phi) is 4.91. The Morgan fingerprint density at radius 1 is 1.62 bits per heavy atom. The van der Waals surface area contributed by atoms with Crippen LogP contribution in [-0.2, 0) is 0 Å². The van der Waals surface area contributed by atoms with Gasteiger partial charge in [0.25, 0.3) is 0 Å². The monoisotopic (exact) mass is 120 g/mol. The van der Waals surface area contributed by atoms with E-state index in [1.54, 1.807) is 0 Å². The summed E-state index contributed by atoms with van der Waals surface area (Å²) in [7, 11) is 0. The molecule has 0 aliphatic rings. The minimum Gasteiger partial charge on any atom is -0.412 e. The van der Waals surface area contributed by atoms with Crippen molar-refractivity contribution in [2.75, 3.05) is 0 Å². The maximum Gasteiger partial charge on any atom is 0.226 e. The van der Waals surface area contributed by atoms with Gasteiger partial charge in [0.05, 0.1) is 0 Å². The second kappa shape index (κ2) is 3.96. The lowest BCUT2D eigenvalue weighted by Gasteiger charge is -2.02. The Morgan fingerprint density at radius 2 is 2.00 bits per heavy atom. The molecule has 8 heavy (non-hydrogen) atoms. The average Bonchev–Trinajstić information content (AvgIpc) is 1.65. The molecule has 8 N–H and O–H groups in total. The van der Waals surface area contributed by atoms with E-state index in [2.05, 4.69) is 5.22 Å². The fraction of sp³-hybridized carbons (Fsp3) is 0. The van der Waals surface area contributed by atoms with Crippen molar-refractivity contribution in [3.05, 3.63) is 0 Å². The molecule has 0 aliphatic carbocycles. The molecule has 0 spiro atoms. The first-order valence-electron chi connectivity index (χ1n) is 1.44. The molecule has 0 radical (unpaired) electrons. The van der Waals surface area contributed by atoms with Crippen LogP contribution in [0.5, 0.6) is 0 Å². The van der Waals surface area contributed by atoms with Gasteiger partial charge in [-0.1, -0.05) is 5.22 Å². The molecule has 48 valence electrons. The van der Waals surface area contributed by atoms with E-state index in [0.29, 0.717) is 5.12 Å². The third kappa shape index (κ3) is 3.00. The van der Waals surface area contributed by atoms with Crippen molar-refractivity contribution >= 4 is 5.96 Å². The fourth-order valence-corrected chi connectivity index (χ4v) is 0.0539. The van der Waals surface area contributed by atoms with E-state index in [-0.39, 0.29) is 5.48 Å². The van der Waals surface area contributed by atoms with Crippen molar-refractivity contribution in [3.63, 3.8) is 0 Å². The Bertz CT molecular complexity index is 88.5. The fourth-order valence-electron chi connectivity index (χ4n) is 0.0539. The summed E-state index contributed by atoms with van der Waals surface area (Å²) >= 11 is 0. The Labute approximate surface area is 45.5 Å². The quantitative estimate of drug-likeness (QED) is 0.106. The summed E-state index contributed by atoms with van der Waals surface area (Å²) in [5, 5.41) is 9.51. The normalized spacial score (nSPS) is 6.62. The number of guanidine groups is 1. The van der Waals surface area contributed by atoms with Gasteiger partial charge in [-0.05, 0) is 0 Å². The van der Waals surface area contributed by atoms with Crippen LogP contribution >= 0.6 is 0 Å². The second-order valence-electron chi connectivity index (χ2n) is 0.830. The van der Waals surface area contributed by atoms with Gasteiger partial charge in [-0.2, -0.15) is 5.53 Å². The number of rotatable bonds is 1. The first-order chi connectivity index (χ1) is 3.18. The number of hydrogen-bond donors (Lipinski definition) is 4. The van der Waals surface area contributed by atoms with Gasteiger partial charge >= 0.3 is 0 Å². The van der Waals surface area contributed by atoms with Gasteiger partial charge in [-0.3, -0.25) is 5.41 Å². The molecule has 0 atom stereocenters. The van der Waals surface area contributed by atoms with Crippen LogP contribution in [0.4, 0.5) is 0 Å². The summed E-state index contributed by atoms with van der Waals surface area (Å²) in [6.07, 6.45) is 0. The van der Waals surface area contributed by atoms with Crippen molar-refractivity contribution in [2.24, 2.45) is 16.8 Å². The summed E-state index contributed by atoms with van der Waals surface area (Å²) < 4.78 is 0. The summed E-state index contributed by atoms with van der Waals surface area (Å²) in [4.78, 5) is 0. The van der Waals surface area contributed by atoms with E-state index in [0.717, 1.165) is 0 Å². The maximum absolute atomic E-state index is 6.47. The second-order valence-corrected chi connectivity index (χ2v) is 0.830. The lowest BCUT2D eigenvalue weighted by atomic mass is 11.1. The van der Waals surface area contributed by atoms with E-state index in [1.807, 2.05) is 0 Å². The molecule has 0 unspecified atom stereocenters. The van der Waals surface area contributed by atoms with Crippen LogP contribution in [0.15, 0.2) is 5.22 Å². The molecule has 7 nitrogen and oxygen atoms in total. The van der Waals surface area contributed by atoms with Crippen molar-refractivity contribution in [1.82, 2.24) is 5.12 Å². The average molecular weight is 120 g/mol. The number of hydrazine groups is 1. The van der Waals surface area contributed by atoms with Crippen molar-refractivity contribution < 1.29 is 5.48 Å². The van der Waals surface area contributed by atoms with Crippen LogP contribution in [0, 0.1) is 10.9 Å². The Balaban J connectivity index is 0. The molecule has 0 heterocycles. The molecule has 0 fully saturated rings. The van der Waals surface area contributed by atoms with E-state index >= 15 is 0 Å². The molecule has 0 saturated heterocycles. The highest BCUT2D eigenvalue weighted by Gasteiger charge is 1.90. The zero-order chi connectivity index (χ0) is 5.86. The van der Waals surface area contributed by atoms with Gasteiger partial charge in [0.2, 0.25) is 5.96 Å². The molecule has 0 aliphatic heterocycles. The number of nitrogens with one attached hydrogen (secondary N) is 2. The minimum atomic E-state index is -0.449. The van der Waals surface area contributed by atoms with Crippen LogP contribution in [-0.4, -0.2) is 16.6 Å². The highest BCUT2D eigenvalue weighted by Crippen LogP contribution is 1.68. The predicted octanol–water partition coefficient (Wildman–Crippen LogP) is -1.82. The summed E-state index contributed by atoms with van der Waals surface area (Å²) in [5.74, 6) is 4.30. The summed E-state index contributed by atoms with van der Waals surface area (Å²) in [5.41, 5.74) is 10.9. The SMILES string of the molecule is N=NN(N)C(=N)N.O. The minimum absolute atomic E-state index is 0. The van der Waals surface area contributed by atoms with Gasteiger partial charge < -0.3 is 11.2 Å². The standard InChI is InChI=1S/CH6N6.H2O/c2-1(3)7(5)6-4;/h4H,5H2,(H3,2,3);1H2. The smallest absolute Gasteiger partial charge is 0.226 e. The lowest BCUT2D eigenvalue weighted by Crippen LogP contribution is -2.36. The van der Waals surface area contributed by atoms with E-state index in [9.17, 15) is 0 Å². The van der Waals surface area contributed by atoms with Gasteiger partial charge in [0, 0.05) is 0 Å². The third-order valence-electron chi connectivity index (χ3n) is 0.355. The Hall–Kier alpha value is -1.21. The molecule has 0 aromatic rings. The molecule has 0 bridgehead atoms. The summed E-state index contributed by atoms with van der Waals surface area (Å²) in [6.45, 7) is 0. The third-order valence-corrected chi connectivity index (χ3v) is 0.355. The van der Waals surface area contributed by atoms with Gasteiger partial charge in [0.15, 0.2) is 0 Å². The van der Waals surface area contributed by atoms with Crippen molar-refractivity contribution in [2.45, 2.75) is 0 Å². The van der Waals surface area contributed by atoms with E-state index in [1.165, 1.54) is 0 Å². The predicted molar refractivity (Wildman–Crippen MR) is 26.7 cm³/mol. The van der Waals surface area contributed by atoms with Gasteiger partial charge in [-0.25, -0.2) is 5.84 Å². The lowest BCUT2D eigenvalue weighted by molar-refractivity contribution is 0.416. The highest BCUT2D eigenvalue weighted by molar-refractivity contribution is 5.73. The highest BCUT2D eigenvalue weighted by atomic mass is 16.0. The topological polar surface area (TPSA) is 147 Å². The molecule has 0 aromatic carbocycles. The number of nitrogens with two attached hydrogens (primary N) is 2. The zero-order valence-corrected chi connectivity index (χ0v) is 4.05. The maximum atomic E-state index is 6.47. The molecule has 0 rings (SSSR count). The van der Waals surface area contributed by atoms with Gasteiger partial charge in [-0.15, -0.1) is 5.12 Å². The molecular formula is CH8N6O. The van der Waals surface area contributed by atoms with Crippen molar-refractivity contribution in [3.8, 4) is 0 Å². The van der Waals surface area contributed by atoms with Crippen LogP contribution in [0.1, 0.15) is 0 Å². The van der Waals surface area contributed by atoms with Gasteiger partial charge in [0.1, 0.15) is 0 Å². The van der Waals surface area contributed by atoms with Crippen LogP contribution in [0.2, 0.25) is 0 Å². The van der Waals surface area contributed by atoms with Crippen LogP contribution in [0.3, 0.4) is 0 Å². The molecule has 7 heteroatoms. The van der Waals surface area contributed by atoms with Crippen LogP contribution in [0.25, 0.3) is 0 Å². The molecule has 0 aromatic heterocycles. The number of nitrogens with zero attached hydrogens (tertiary/aromatic N) is 2. The largest absolute Gasteiger partial charge is 0.412 e. The number of hydrogen-bond acceptors (Lipinski definition) is 4. The molecular weight excluding hydrogens is 112 g/mol. The molecule has 0 amide bonds. The van der Waals surface area contributed by atoms with E-state index in [4.69, 9.17) is 22.5 Å². The van der Waals surface area contributed by atoms with Crippen molar-refractivity contribution in [1.29, 1.82) is 10.9 Å². The van der Waals surface area contributed by atoms with Crippen LogP contribution < -0.4 is 11.6 Å².